The lowest BCUT2D eigenvalue weighted by Crippen LogP contribution is -2.42. The lowest BCUT2D eigenvalue weighted by Gasteiger charge is -2.29. The van der Waals surface area contributed by atoms with E-state index in [-0.39, 0.29) is 16.9 Å². The number of nitrogens with zero attached hydrogens (tertiary/aromatic N) is 1. The van der Waals surface area contributed by atoms with E-state index in [4.69, 9.17) is 11.6 Å². The Hall–Kier alpha value is -0.640. The third kappa shape index (κ3) is 4.75. The molecule has 0 aromatic heterocycles. The minimum Gasteiger partial charge on any atom is -0.309 e. The van der Waals surface area contributed by atoms with Crippen molar-refractivity contribution in [2.45, 2.75) is 32.9 Å². The summed E-state index contributed by atoms with van der Waals surface area (Å²) in [5, 5.41) is 3.67. The van der Waals surface area contributed by atoms with Gasteiger partial charge in [-0.3, -0.25) is 0 Å². The quantitative estimate of drug-likeness (QED) is 0.857. The van der Waals surface area contributed by atoms with Crippen LogP contribution in [0.1, 0.15) is 32.4 Å². The lowest BCUT2D eigenvalue weighted by molar-refractivity contribution is 0.220. The van der Waals surface area contributed by atoms with Gasteiger partial charge in [-0.05, 0) is 44.6 Å². The van der Waals surface area contributed by atoms with Crippen molar-refractivity contribution < 1.29 is 4.39 Å². The zero-order valence-electron chi connectivity index (χ0n) is 12.4. The fraction of sp³-hybridized carbons (Fsp3) is 0.600. The van der Waals surface area contributed by atoms with Crippen molar-refractivity contribution in [3.63, 3.8) is 0 Å². The molecule has 108 valence electrons. The molecule has 0 amide bonds. The molecule has 2 atom stereocenters. The van der Waals surface area contributed by atoms with Gasteiger partial charge in [0.05, 0.1) is 5.02 Å². The van der Waals surface area contributed by atoms with E-state index in [9.17, 15) is 4.39 Å². The van der Waals surface area contributed by atoms with E-state index in [2.05, 4.69) is 45.1 Å². The molecule has 0 radical (unpaired) electrons. The maximum absolute atomic E-state index is 13.1. The molecule has 0 spiro atoms. The Morgan fingerprint density at radius 2 is 1.89 bits per heavy atom. The molecule has 2 nitrogen and oxygen atoms in total. The van der Waals surface area contributed by atoms with E-state index < -0.39 is 0 Å². The van der Waals surface area contributed by atoms with E-state index >= 15 is 0 Å². The molecule has 0 aliphatic heterocycles. The van der Waals surface area contributed by atoms with Crippen molar-refractivity contribution in [3.05, 3.63) is 34.6 Å². The van der Waals surface area contributed by atoms with Crippen molar-refractivity contribution in [1.82, 2.24) is 10.2 Å². The second kappa shape index (κ2) is 7.22. The van der Waals surface area contributed by atoms with Crippen LogP contribution in [0.15, 0.2) is 18.2 Å². The van der Waals surface area contributed by atoms with Crippen LogP contribution in [0.5, 0.6) is 0 Å². The van der Waals surface area contributed by atoms with Crippen LogP contribution in [0.3, 0.4) is 0 Å². The van der Waals surface area contributed by atoms with Crippen LogP contribution < -0.4 is 5.32 Å². The molecule has 19 heavy (non-hydrogen) atoms. The van der Waals surface area contributed by atoms with Crippen molar-refractivity contribution >= 4 is 11.6 Å². The van der Waals surface area contributed by atoms with Gasteiger partial charge in [0, 0.05) is 18.6 Å². The van der Waals surface area contributed by atoms with Gasteiger partial charge in [0.15, 0.2) is 0 Å². The fourth-order valence-corrected chi connectivity index (χ4v) is 2.40. The molecule has 0 aliphatic carbocycles. The predicted octanol–water partition coefficient (Wildman–Crippen LogP) is 3.72. The molecule has 0 fully saturated rings. The van der Waals surface area contributed by atoms with Gasteiger partial charge in [-0.1, -0.05) is 31.5 Å². The summed E-state index contributed by atoms with van der Waals surface area (Å²) in [6.45, 7) is 7.38. The van der Waals surface area contributed by atoms with Crippen LogP contribution in [0.2, 0.25) is 5.02 Å². The van der Waals surface area contributed by atoms with Gasteiger partial charge in [-0.2, -0.15) is 0 Å². The second-order valence-corrected chi connectivity index (χ2v) is 5.99. The minimum absolute atomic E-state index is 0.152. The number of hydrogen-bond acceptors (Lipinski definition) is 2. The minimum atomic E-state index is -0.369. The van der Waals surface area contributed by atoms with Crippen LogP contribution in [0.4, 0.5) is 4.39 Å². The van der Waals surface area contributed by atoms with E-state index in [0.717, 1.165) is 12.1 Å². The standard InChI is InChI=1S/C15H24ClFN2/c1-10(2)15(19(4)5)9-18-11(3)12-6-7-14(17)13(16)8-12/h6-8,10-11,15,18H,9H2,1-5H3. The summed E-state index contributed by atoms with van der Waals surface area (Å²) < 4.78 is 13.1. The largest absolute Gasteiger partial charge is 0.309 e. The molecule has 1 aromatic rings. The normalized spacial score (nSPS) is 15.0. The van der Waals surface area contributed by atoms with Gasteiger partial charge in [-0.25, -0.2) is 4.39 Å². The first-order valence-electron chi connectivity index (χ1n) is 6.67. The molecule has 0 bridgehead atoms. The number of halogens is 2. The predicted molar refractivity (Wildman–Crippen MR) is 80.1 cm³/mol. The van der Waals surface area contributed by atoms with Crippen molar-refractivity contribution in [2.75, 3.05) is 20.6 Å². The summed E-state index contributed by atoms with van der Waals surface area (Å²) in [5.41, 5.74) is 1.01. The second-order valence-electron chi connectivity index (χ2n) is 5.58. The van der Waals surface area contributed by atoms with Crippen LogP contribution >= 0.6 is 11.6 Å². The monoisotopic (exact) mass is 286 g/mol. The topological polar surface area (TPSA) is 15.3 Å². The van der Waals surface area contributed by atoms with Crippen LogP contribution in [-0.4, -0.2) is 31.6 Å². The maximum Gasteiger partial charge on any atom is 0.141 e. The van der Waals surface area contributed by atoms with Gasteiger partial charge in [0.25, 0.3) is 0 Å². The molecule has 1 N–H and O–H groups in total. The van der Waals surface area contributed by atoms with Gasteiger partial charge in [0.1, 0.15) is 5.82 Å². The van der Waals surface area contributed by atoms with Gasteiger partial charge < -0.3 is 10.2 Å². The summed E-state index contributed by atoms with van der Waals surface area (Å²) in [6, 6.07) is 5.51. The molecule has 1 rings (SSSR count). The number of hydrogen-bond donors (Lipinski definition) is 1. The average Bonchev–Trinajstić information content (AvgIpc) is 2.31. The Bertz CT molecular complexity index is 399. The maximum atomic E-state index is 13.1. The Labute approximate surface area is 120 Å². The lowest BCUT2D eigenvalue weighted by atomic mass is 10.0. The molecule has 0 saturated heterocycles. The molecule has 4 heteroatoms. The zero-order valence-corrected chi connectivity index (χ0v) is 13.1. The fourth-order valence-electron chi connectivity index (χ4n) is 2.21. The highest BCUT2D eigenvalue weighted by atomic mass is 35.5. The molecule has 2 unspecified atom stereocenters. The van der Waals surface area contributed by atoms with Crippen LogP contribution in [0, 0.1) is 11.7 Å². The summed E-state index contributed by atoms with van der Waals surface area (Å²) in [4.78, 5) is 2.22. The van der Waals surface area contributed by atoms with E-state index in [1.807, 2.05) is 0 Å². The summed E-state index contributed by atoms with van der Waals surface area (Å²) in [6.07, 6.45) is 0. The number of likely N-dealkylation sites (N-methyl/N-ethyl adjacent to an activating group) is 1. The summed E-state index contributed by atoms with van der Waals surface area (Å²) in [5.74, 6) is 0.206. The van der Waals surface area contributed by atoms with Crippen molar-refractivity contribution in [2.24, 2.45) is 5.92 Å². The smallest absolute Gasteiger partial charge is 0.141 e. The molecular formula is C15H24ClFN2. The molecular weight excluding hydrogens is 263 g/mol. The Morgan fingerprint density at radius 3 is 2.37 bits per heavy atom. The van der Waals surface area contributed by atoms with E-state index in [0.29, 0.717) is 12.0 Å². The molecule has 0 aliphatic rings. The highest BCUT2D eigenvalue weighted by Crippen LogP contribution is 2.21. The first kappa shape index (κ1) is 16.4. The first-order chi connectivity index (χ1) is 8.82. The van der Waals surface area contributed by atoms with Crippen molar-refractivity contribution in [1.29, 1.82) is 0 Å². The molecule has 0 heterocycles. The summed E-state index contributed by atoms with van der Waals surface area (Å²) in [7, 11) is 4.18. The van der Waals surface area contributed by atoms with Gasteiger partial charge >= 0.3 is 0 Å². The van der Waals surface area contributed by atoms with Gasteiger partial charge in [0.2, 0.25) is 0 Å². The number of nitrogens with one attached hydrogen (secondary N) is 1. The van der Waals surface area contributed by atoms with Crippen LogP contribution in [0.25, 0.3) is 0 Å². The zero-order chi connectivity index (χ0) is 14.6. The molecule has 1 aromatic carbocycles. The average molecular weight is 287 g/mol. The Kier molecular flexibility index (Phi) is 6.24. The third-order valence-electron chi connectivity index (χ3n) is 3.51. The summed E-state index contributed by atoms with van der Waals surface area (Å²) >= 11 is 5.81. The SMILES string of the molecule is CC(NCC(C(C)C)N(C)C)c1ccc(F)c(Cl)c1. The highest BCUT2D eigenvalue weighted by molar-refractivity contribution is 6.30. The number of rotatable bonds is 6. The van der Waals surface area contributed by atoms with E-state index in [1.165, 1.54) is 6.07 Å². The highest BCUT2D eigenvalue weighted by Gasteiger charge is 2.17. The number of benzene rings is 1. The van der Waals surface area contributed by atoms with Crippen molar-refractivity contribution in [3.8, 4) is 0 Å². The Balaban J connectivity index is 2.63. The van der Waals surface area contributed by atoms with Crippen LogP contribution in [-0.2, 0) is 0 Å². The third-order valence-corrected chi connectivity index (χ3v) is 3.80. The van der Waals surface area contributed by atoms with Gasteiger partial charge in [-0.15, -0.1) is 0 Å². The molecule has 0 saturated carbocycles. The first-order valence-corrected chi connectivity index (χ1v) is 7.05. The Morgan fingerprint density at radius 1 is 1.26 bits per heavy atom. The van der Waals surface area contributed by atoms with E-state index in [1.54, 1.807) is 12.1 Å².